The highest BCUT2D eigenvalue weighted by Gasteiger charge is 2.16. The molecule has 2 nitrogen and oxygen atoms in total. The van der Waals surface area contributed by atoms with E-state index in [-0.39, 0.29) is 5.88 Å². The van der Waals surface area contributed by atoms with Gasteiger partial charge in [0, 0.05) is 15.4 Å². The molecule has 0 saturated heterocycles. The number of carbonyl (C=O) groups excluding carboxylic acids is 1. The third-order valence-electron chi connectivity index (χ3n) is 1.67. The van der Waals surface area contributed by atoms with Gasteiger partial charge in [0.05, 0.1) is 12.7 Å². The fraction of sp³-hybridized carbons (Fsp3) is 0.222. The first-order valence-corrected chi connectivity index (χ1v) is 5.43. The average Bonchev–Trinajstić information content (AvgIpc) is 2.15. The molecular formula is C9H7BrCl2O2. The molecule has 1 aromatic carbocycles. The lowest BCUT2D eigenvalue weighted by Crippen LogP contribution is -2.06. The SMILES string of the molecule is COC(=O)c1c(Br)cc(Cl)cc1CCl. The van der Waals surface area contributed by atoms with Crippen molar-refractivity contribution in [2.75, 3.05) is 7.11 Å². The van der Waals surface area contributed by atoms with Crippen LogP contribution in [0.15, 0.2) is 16.6 Å². The number of hydrogen-bond acceptors (Lipinski definition) is 2. The number of carbonyl (C=O) groups is 1. The topological polar surface area (TPSA) is 26.3 Å². The largest absolute Gasteiger partial charge is 0.465 e. The van der Waals surface area contributed by atoms with Gasteiger partial charge in [-0.15, -0.1) is 11.6 Å². The minimum absolute atomic E-state index is 0.212. The molecule has 0 aliphatic carbocycles. The number of halogens is 3. The Hall–Kier alpha value is -0.250. The van der Waals surface area contributed by atoms with Gasteiger partial charge in [-0.1, -0.05) is 11.6 Å². The lowest BCUT2D eigenvalue weighted by atomic mass is 10.1. The van der Waals surface area contributed by atoms with Crippen molar-refractivity contribution in [3.8, 4) is 0 Å². The summed E-state index contributed by atoms with van der Waals surface area (Å²) in [4.78, 5) is 11.4. The molecule has 0 bridgehead atoms. The number of hydrogen-bond donors (Lipinski definition) is 0. The Kier molecular flexibility index (Phi) is 4.23. The number of esters is 1. The molecule has 1 rings (SSSR count). The summed E-state index contributed by atoms with van der Waals surface area (Å²) < 4.78 is 5.22. The summed E-state index contributed by atoms with van der Waals surface area (Å²) >= 11 is 14.7. The van der Waals surface area contributed by atoms with Crippen LogP contribution in [0.2, 0.25) is 5.02 Å². The van der Waals surface area contributed by atoms with E-state index < -0.39 is 5.97 Å². The maximum atomic E-state index is 11.4. The van der Waals surface area contributed by atoms with Crippen LogP contribution in [0, 0.1) is 0 Å². The summed E-state index contributed by atoms with van der Waals surface area (Å²) in [6.45, 7) is 0. The molecule has 0 aliphatic rings. The van der Waals surface area contributed by atoms with E-state index in [0.717, 1.165) is 0 Å². The number of ether oxygens (including phenoxy) is 1. The van der Waals surface area contributed by atoms with Gasteiger partial charge in [0.15, 0.2) is 0 Å². The van der Waals surface area contributed by atoms with Crippen molar-refractivity contribution in [3.05, 3.63) is 32.8 Å². The first-order valence-electron chi connectivity index (χ1n) is 3.72. The van der Waals surface area contributed by atoms with E-state index in [1.54, 1.807) is 12.1 Å². The Morgan fingerprint density at radius 3 is 2.71 bits per heavy atom. The van der Waals surface area contributed by atoms with Gasteiger partial charge < -0.3 is 4.74 Å². The van der Waals surface area contributed by atoms with E-state index in [2.05, 4.69) is 20.7 Å². The molecule has 0 atom stereocenters. The first kappa shape index (κ1) is 11.8. The monoisotopic (exact) mass is 296 g/mol. The molecule has 0 N–H and O–H groups in total. The third-order valence-corrected chi connectivity index (χ3v) is 2.80. The molecule has 14 heavy (non-hydrogen) atoms. The standard InChI is InChI=1S/C9H7BrCl2O2/c1-14-9(13)8-5(4-11)2-6(12)3-7(8)10/h2-3H,4H2,1H3. The van der Waals surface area contributed by atoms with E-state index in [1.165, 1.54) is 7.11 Å². The zero-order chi connectivity index (χ0) is 10.7. The van der Waals surface area contributed by atoms with Gasteiger partial charge in [0.25, 0.3) is 0 Å². The minimum Gasteiger partial charge on any atom is -0.465 e. The predicted molar refractivity (Wildman–Crippen MR) is 60.0 cm³/mol. The van der Waals surface area contributed by atoms with Gasteiger partial charge in [-0.3, -0.25) is 0 Å². The molecule has 0 heterocycles. The van der Waals surface area contributed by atoms with Crippen LogP contribution in [0.4, 0.5) is 0 Å². The van der Waals surface area contributed by atoms with E-state index >= 15 is 0 Å². The van der Waals surface area contributed by atoms with Crippen LogP contribution in [0.25, 0.3) is 0 Å². The third kappa shape index (κ3) is 2.41. The predicted octanol–water partition coefficient (Wildman–Crippen LogP) is 3.63. The van der Waals surface area contributed by atoms with Gasteiger partial charge in [0.2, 0.25) is 0 Å². The van der Waals surface area contributed by atoms with E-state index in [0.29, 0.717) is 20.6 Å². The van der Waals surface area contributed by atoms with Gasteiger partial charge in [0.1, 0.15) is 0 Å². The van der Waals surface area contributed by atoms with Gasteiger partial charge in [-0.2, -0.15) is 0 Å². The molecule has 76 valence electrons. The van der Waals surface area contributed by atoms with E-state index in [9.17, 15) is 4.79 Å². The zero-order valence-corrected chi connectivity index (χ0v) is 10.4. The molecule has 0 saturated carbocycles. The molecule has 0 spiro atoms. The summed E-state index contributed by atoms with van der Waals surface area (Å²) in [6, 6.07) is 3.27. The zero-order valence-electron chi connectivity index (χ0n) is 7.31. The minimum atomic E-state index is -0.427. The molecule has 0 fully saturated rings. The van der Waals surface area contributed by atoms with Crippen LogP contribution in [-0.4, -0.2) is 13.1 Å². The highest BCUT2D eigenvalue weighted by atomic mass is 79.9. The molecule has 0 amide bonds. The number of methoxy groups -OCH3 is 1. The van der Waals surface area contributed by atoms with Crippen molar-refractivity contribution in [3.63, 3.8) is 0 Å². The molecule has 5 heteroatoms. The molecule has 0 radical (unpaired) electrons. The van der Waals surface area contributed by atoms with Gasteiger partial charge >= 0.3 is 5.97 Å². The van der Waals surface area contributed by atoms with Crippen LogP contribution < -0.4 is 0 Å². The normalized spacial score (nSPS) is 10.0. The smallest absolute Gasteiger partial charge is 0.339 e. The van der Waals surface area contributed by atoms with Crippen molar-refractivity contribution < 1.29 is 9.53 Å². The highest BCUT2D eigenvalue weighted by molar-refractivity contribution is 9.10. The van der Waals surface area contributed by atoms with E-state index in [1.807, 2.05) is 0 Å². The maximum Gasteiger partial charge on any atom is 0.339 e. The molecular weight excluding hydrogens is 291 g/mol. The first-order chi connectivity index (χ1) is 6.60. The number of alkyl halides is 1. The van der Waals surface area contributed by atoms with Crippen LogP contribution in [-0.2, 0) is 10.6 Å². The molecule has 0 aliphatic heterocycles. The van der Waals surface area contributed by atoms with Gasteiger partial charge in [-0.25, -0.2) is 4.79 Å². The summed E-state index contributed by atoms with van der Waals surface area (Å²) in [5, 5.41) is 0.528. The van der Waals surface area contributed by atoms with Crippen LogP contribution in [0.3, 0.4) is 0 Å². The second-order valence-corrected chi connectivity index (χ2v) is 4.10. The molecule has 0 unspecified atom stereocenters. The number of benzene rings is 1. The molecule has 0 aromatic heterocycles. The fourth-order valence-corrected chi connectivity index (χ4v) is 2.31. The highest BCUT2D eigenvalue weighted by Crippen LogP contribution is 2.27. The Bertz CT molecular complexity index is 366. The summed E-state index contributed by atoms with van der Waals surface area (Å²) in [6.07, 6.45) is 0. The molecule has 1 aromatic rings. The van der Waals surface area contributed by atoms with Crippen LogP contribution in [0.1, 0.15) is 15.9 Å². The second kappa shape index (κ2) is 5.01. The Balaban J connectivity index is 3.32. The van der Waals surface area contributed by atoms with E-state index in [4.69, 9.17) is 23.2 Å². The van der Waals surface area contributed by atoms with Crippen LogP contribution >= 0.6 is 39.1 Å². The second-order valence-electron chi connectivity index (χ2n) is 2.55. The van der Waals surface area contributed by atoms with Gasteiger partial charge in [-0.05, 0) is 33.6 Å². The van der Waals surface area contributed by atoms with Crippen molar-refractivity contribution in [2.45, 2.75) is 5.88 Å². The number of rotatable bonds is 2. The van der Waals surface area contributed by atoms with Crippen molar-refractivity contribution >= 4 is 45.1 Å². The summed E-state index contributed by atoms with van der Waals surface area (Å²) in [5.74, 6) is -0.215. The summed E-state index contributed by atoms with van der Waals surface area (Å²) in [5.41, 5.74) is 1.07. The Labute approximate surface area is 100 Å². The van der Waals surface area contributed by atoms with Crippen molar-refractivity contribution in [1.29, 1.82) is 0 Å². The lowest BCUT2D eigenvalue weighted by Gasteiger charge is -2.08. The fourth-order valence-electron chi connectivity index (χ4n) is 1.06. The quantitative estimate of drug-likeness (QED) is 0.615. The van der Waals surface area contributed by atoms with Crippen LogP contribution in [0.5, 0.6) is 0 Å². The van der Waals surface area contributed by atoms with Crippen molar-refractivity contribution in [2.24, 2.45) is 0 Å². The Morgan fingerprint density at radius 1 is 1.57 bits per heavy atom. The maximum absolute atomic E-state index is 11.4. The Morgan fingerprint density at radius 2 is 2.21 bits per heavy atom. The summed E-state index contributed by atoms with van der Waals surface area (Å²) in [7, 11) is 1.32. The van der Waals surface area contributed by atoms with Crippen molar-refractivity contribution in [1.82, 2.24) is 0 Å². The lowest BCUT2D eigenvalue weighted by molar-refractivity contribution is 0.0599. The average molecular weight is 298 g/mol.